The number of aliphatic imine (C=N–C) groups is 1. The minimum absolute atomic E-state index is 0.000338. The Hall–Kier alpha value is -2.38. The number of carbonyl (C=O) groups excluding carboxylic acids is 1. The van der Waals surface area contributed by atoms with Gasteiger partial charge in [0.15, 0.2) is 17.6 Å². The number of nitrogens with one attached hydrogen (secondary N) is 2. The molecule has 1 aromatic carbocycles. The fraction of sp³-hybridized carbons (Fsp3) is 0.556. The van der Waals surface area contributed by atoms with E-state index in [4.69, 9.17) is 4.74 Å². The van der Waals surface area contributed by atoms with Crippen LogP contribution < -0.4 is 15.4 Å². The minimum Gasteiger partial charge on any atom is -0.492 e. The molecule has 0 spiro atoms. The number of amides is 1. The summed E-state index contributed by atoms with van der Waals surface area (Å²) in [5.41, 5.74) is 0. The molecule has 1 fully saturated rings. The van der Waals surface area contributed by atoms with Crippen molar-refractivity contribution in [2.45, 2.75) is 26.3 Å². The van der Waals surface area contributed by atoms with Crippen LogP contribution in [-0.4, -0.2) is 56.1 Å². The van der Waals surface area contributed by atoms with E-state index in [2.05, 4.69) is 15.6 Å². The van der Waals surface area contributed by atoms with Crippen LogP contribution in [0.25, 0.3) is 0 Å². The van der Waals surface area contributed by atoms with E-state index in [1.807, 2.05) is 18.7 Å². The standard InChI is InChI=1S/C18H26F2N4O2/c1-12(2)17(25)24-8-6-13(11-24)23-18(21-3)22-7-9-26-14-4-5-15(19)16(20)10-14/h4-5,10,12-13H,6-9,11H2,1-3H3,(H2,21,22,23). The number of rotatable bonds is 6. The second-order valence-electron chi connectivity index (χ2n) is 6.49. The number of nitrogens with zero attached hydrogens (tertiary/aromatic N) is 2. The largest absolute Gasteiger partial charge is 0.492 e. The van der Waals surface area contributed by atoms with Crippen LogP contribution in [-0.2, 0) is 4.79 Å². The summed E-state index contributed by atoms with van der Waals surface area (Å²) in [6.45, 7) is 5.91. The highest BCUT2D eigenvalue weighted by Gasteiger charge is 2.27. The molecule has 1 heterocycles. The first-order chi connectivity index (χ1) is 12.4. The van der Waals surface area contributed by atoms with Gasteiger partial charge in [-0.3, -0.25) is 9.79 Å². The molecule has 0 aliphatic carbocycles. The van der Waals surface area contributed by atoms with Crippen LogP contribution >= 0.6 is 0 Å². The lowest BCUT2D eigenvalue weighted by atomic mass is 10.2. The third-order valence-corrected chi connectivity index (χ3v) is 4.11. The summed E-state index contributed by atoms with van der Waals surface area (Å²) in [4.78, 5) is 18.0. The Balaban J connectivity index is 1.71. The van der Waals surface area contributed by atoms with Crippen molar-refractivity contribution in [2.75, 3.05) is 33.3 Å². The molecule has 6 nitrogen and oxygen atoms in total. The quantitative estimate of drug-likeness (QED) is 0.456. The van der Waals surface area contributed by atoms with Crippen LogP contribution in [0.3, 0.4) is 0 Å². The summed E-state index contributed by atoms with van der Waals surface area (Å²) in [5.74, 6) is -0.789. The summed E-state index contributed by atoms with van der Waals surface area (Å²) in [6, 6.07) is 3.57. The van der Waals surface area contributed by atoms with Crippen LogP contribution in [0.4, 0.5) is 8.78 Å². The van der Waals surface area contributed by atoms with Gasteiger partial charge in [-0.1, -0.05) is 13.8 Å². The van der Waals surface area contributed by atoms with E-state index in [-0.39, 0.29) is 30.2 Å². The van der Waals surface area contributed by atoms with Crippen molar-refractivity contribution in [3.05, 3.63) is 29.8 Å². The van der Waals surface area contributed by atoms with Gasteiger partial charge in [0.05, 0.1) is 6.54 Å². The lowest BCUT2D eigenvalue weighted by molar-refractivity contribution is -0.133. The van der Waals surface area contributed by atoms with Gasteiger partial charge >= 0.3 is 0 Å². The molecule has 1 unspecified atom stereocenters. The predicted octanol–water partition coefficient (Wildman–Crippen LogP) is 1.77. The molecule has 0 saturated carbocycles. The van der Waals surface area contributed by atoms with Crippen LogP contribution in [0, 0.1) is 17.6 Å². The second-order valence-corrected chi connectivity index (χ2v) is 6.49. The van der Waals surface area contributed by atoms with Gasteiger partial charge in [0.2, 0.25) is 5.91 Å². The van der Waals surface area contributed by atoms with Crippen molar-refractivity contribution < 1.29 is 18.3 Å². The van der Waals surface area contributed by atoms with Crippen molar-refractivity contribution in [2.24, 2.45) is 10.9 Å². The van der Waals surface area contributed by atoms with E-state index in [0.717, 1.165) is 25.1 Å². The topological polar surface area (TPSA) is 66.0 Å². The average molecular weight is 368 g/mol. The van der Waals surface area contributed by atoms with Gasteiger partial charge in [-0.15, -0.1) is 0 Å². The summed E-state index contributed by atoms with van der Waals surface area (Å²) in [5, 5.41) is 6.39. The lowest BCUT2D eigenvalue weighted by Gasteiger charge is -2.20. The van der Waals surface area contributed by atoms with Crippen molar-refractivity contribution in [3.63, 3.8) is 0 Å². The SMILES string of the molecule is CN=C(NCCOc1ccc(F)c(F)c1)NC1CCN(C(=O)C(C)C)C1. The fourth-order valence-electron chi connectivity index (χ4n) is 2.74. The van der Waals surface area contributed by atoms with Crippen LogP contribution in [0.15, 0.2) is 23.2 Å². The Bertz CT molecular complexity index is 652. The summed E-state index contributed by atoms with van der Waals surface area (Å²) in [6.07, 6.45) is 0.866. The van der Waals surface area contributed by atoms with Crippen molar-refractivity contribution in [1.29, 1.82) is 0 Å². The molecular weight excluding hydrogens is 342 g/mol. The third-order valence-electron chi connectivity index (χ3n) is 4.11. The van der Waals surface area contributed by atoms with E-state index in [0.29, 0.717) is 19.0 Å². The molecule has 1 saturated heterocycles. The Morgan fingerprint density at radius 3 is 2.81 bits per heavy atom. The second kappa shape index (κ2) is 9.35. The van der Waals surface area contributed by atoms with E-state index >= 15 is 0 Å². The van der Waals surface area contributed by atoms with E-state index in [9.17, 15) is 13.6 Å². The summed E-state index contributed by atoms with van der Waals surface area (Å²) >= 11 is 0. The number of hydrogen-bond acceptors (Lipinski definition) is 3. The highest BCUT2D eigenvalue weighted by molar-refractivity contribution is 5.81. The number of likely N-dealkylation sites (tertiary alicyclic amines) is 1. The number of guanidine groups is 1. The Morgan fingerprint density at radius 1 is 1.38 bits per heavy atom. The first kappa shape index (κ1) is 19.9. The molecule has 1 aliphatic rings. The van der Waals surface area contributed by atoms with Crippen LogP contribution in [0.2, 0.25) is 0 Å². The monoisotopic (exact) mass is 368 g/mol. The fourth-order valence-corrected chi connectivity index (χ4v) is 2.74. The number of benzene rings is 1. The highest BCUT2D eigenvalue weighted by Crippen LogP contribution is 2.15. The first-order valence-electron chi connectivity index (χ1n) is 8.74. The Labute approximate surface area is 152 Å². The van der Waals surface area contributed by atoms with Gasteiger partial charge in [-0.05, 0) is 18.6 Å². The lowest BCUT2D eigenvalue weighted by Crippen LogP contribution is -2.46. The van der Waals surface area contributed by atoms with Crippen molar-refractivity contribution >= 4 is 11.9 Å². The number of ether oxygens (including phenoxy) is 1. The Kier molecular flexibility index (Phi) is 7.17. The van der Waals surface area contributed by atoms with Crippen LogP contribution in [0.5, 0.6) is 5.75 Å². The van der Waals surface area contributed by atoms with Gasteiger partial charge < -0.3 is 20.3 Å². The van der Waals surface area contributed by atoms with Crippen molar-refractivity contribution in [1.82, 2.24) is 15.5 Å². The molecule has 1 aliphatic heterocycles. The molecule has 0 bridgehead atoms. The number of hydrogen-bond donors (Lipinski definition) is 2. The zero-order valence-electron chi connectivity index (χ0n) is 15.4. The molecule has 2 N–H and O–H groups in total. The maximum absolute atomic E-state index is 13.1. The Morgan fingerprint density at radius 2 is 2.15 bits per heavy atom. The predicted molar refractivity (Wildman–Crippen MR) is 96.2 cm³/mol. The molecule has 26 heavy (non-hydrogen) atoms. The van der Waals surface area contributed by atoms with Gasteiger partial charge in [0.1, 0.15) is 12.4 Å². The zero-order valence-corrected chi connectivity index (χ0v) is 15.4. The molecular formula is C18H26F2N4O2. The van der Waals surface area contributed by atoms with Gasteiger partial charge in [0.25, 0.3) is 0 Å². The highest BCUT2D eigenvalue weighted by atomic mass is 19.2. The molecule has 2 rings (SSSR count). The molecule has 144 valence electrons. The molecule has 0 radical (unpaired) electrons. The molecule has 1 amide bonds. The number of halogens is 2. The molecule has 0 aromatic heterocycles. The maximum atomic E-state index is 13.1. The number of carbonyl (C=O) groups is 1. The van der Waals surface area contributed by atoms with Gasteiger partial charge in [-0.25, -0.2) is 8.78 Å². The maximum Gasteiger partial charge on any atom is 0.225 e. The molecule has 1 aromatic rings. The normalized spacial score (nSPS) is 17.5. The molecule has 1 atom stereocenters. The summed E-state index contributed by atoms with van der Waals surface area (Å²) in [7, 11) is 1.66. The average Bonchev–Trinajstić information content (AvgIpc) is 3.08. The third kappa shape index (κ3) is 5.57. The zero-order chi connectivity index (χ0) is 19.1. The smallest absolute Gasteiger partial charge is 0.225 e. The minimum atomic E-state index is -0.935. The summed E-state index contributed by atoms with van der Waals surface area (Å²) < 4.78 is 31.3. The first-order valence-corrected chi connectivity index (χ1v) is 8.74. The van der Waals surface area contributed by atoms with Crippen LogP contribution in [0.1, 0.15) is 20.3 Å². The van der Waals surface area contributed by atoms with E-state index < -0.39 is 11.6 Å². The van der Waals surface area contributed by atoms with E-state index in [1.165, 1.54) is 6.07 Å². The molecule has 8 heteroatoms. The van der Waals surface area contributed by atoms with Gasteiger partial charge in [-0.2, -0.15) is 0 Å². The van der Waals surface area contributed by atoms with E-state index in [1.54, 1.807) is 7.05 Å². The van der Waals surface area contributed by atoms with Gasteiger partial charge in [0, 0.05) is 38.2 Å². The van der Waals surface area contributed by atoms with Crippen molar-refractivity contribution in [3.8, 4) is 5.75 Å².